The molecule has 1 aromatic rings. The van der Waals surface area contributed by atoms with Gasteiger partial charge in [-0.3, -0.25) is 9.48 Å². The first-order chi connectivity index (χ1) is 11.8. The van der Waals surface area contributed by atoms with Crippen LogP contribution in [0.15, 0.2) is 17.4 Å². The predicted octanol–water partition coefficient (Wildman–Crippen LogP) is 1.59. The number of nitrogens with one attached hydrogen (secondary N) is 1. The number of hydrogen-bond donors (Lipinski definition) is 1. The first kappa shape index (κ1) is 19.3. The third-order valence-corrected chi connectivity index (χ3v) is 3.98. The van der Waals surface area contributed by atoms with E-state index in [0.29, 0.717) is 5.92 Å². The maximum atomic E-state index is 11.9. The van der Waals surface area contributed by atoms with Gasteiger partial charge in [0.05, 0.1) is 6.20 Å². The van der Waals surface area contributed by atoms with Gasteiger partial charge in [0.25, 0.3) is 0 Å². The van der Waals surface area contributed by atoms with Crippen molar-refractivity contribution in [3.05, 3.63) is 18.0 Å². The van der Waals surface area contributed by atoms with Crippen molar-refractivity contribution >= 4 is 11.9 Å². The highest BCUT2D eigenvalue weighted by Gasteiger charge is 2.25. The fraction of sp³-hybridized carbons (Fsp3) is 0.722. The Labute approximate surface area is 150 Å². The van der Waals surface area contributed by atoms with Crippen LogP contribution in [0.3, 0.4) is 0 Å². The number of hydrogen-bond acceptors (Lipinski definition) is 4. The van der Waals surface area contributed by atoms with E-state index in [1.807, 2.05) is 45.6 Å². The zero-order valence-corrected chi connectivity index (χ0v) is 16.1. The highest BCUT2D eigenvalue weighted by Crippen LogP contribution is 2.20. The largest absolute Gasteiger partial charge is 0.459 e. The van der Waals surface area contributed by atoms with E-state index in [1.54, 1.807) is 0 Å². The molecule has 0 bridgehead atoms. The number of aromatic nitrogens is 2. The molecule has 140 valence electrons. The number of aryl methyl sites for hydroxylation is 1. The standard InChI is InChI=1S/C18H31N5O2/c1-6-19-17(20-11-16(24)25-18(2,3)4)23-8-7-14(13-23)9-15-10-21-22(5)12-15/h10,12,14H,6-9,11,13H2,1-5H3,(H,19,20). The summed E-state index contributed by atoms with van der Waals surface area (Å²) in [4.78, 5) is 18.6. The molecule has 1 fully saturated rings. The van der Waals surface area contributed by atoms with E-state index in [2.05, 4.69) is 26.5 Å². The molecular weight excluding hydrogens is 318 g/mol. The van der Waals surface area contributed by atoms with Crippen molar-refractivity contribution in [3.8, 4) is 0 Å². The highest BCUT2D eigenvalue weighted by molar-refractivity contribution is 5.83. The van der Waals surface area contributed by atoms with Gasteiger partial charge < -0.3 is 15.0 Å². The Kier molecular flexibility index (Phi) is 6.45. The lowest BCUT2D eigenvalue weighted by Gasteiger charge is -2.22. The molecule has 1 N–H and O–H groups in total. The molecule has 0 radical (unpaired) electrons. The van der Waals surface area contributed by atoms with Crippen molar-refractivity contribution in [2.75, 3.05) is 26.2 Å². The summed E-state index contributed by atoms with van der Waals surface area (Å²) in [6.07, 6.45) is 6.15. The Bertz CT molecular complexity index is 603. The van der Waals surface area contributed by atoms with Gasteiger partial charge in [-0.15, -0.1) is 0 Å². The number of likely N-dealkylation sites (tertiary alicyclic amines) is 1. The molecule has 1 aromatic heterocycles. The van der Waals surface area contributed by atoms with Gasteiger partial charge in [-0.05, 0) is 52.0 Å². The third-order valence-electron chi connectivity index (χ3n) is 3.98. The van der Waals surface area contributed by atoms with Crippen LogP contribution < -0.4 is 5.32 Å². The predicted molar refractivity (Wildman–Crippen MR) is 98.4 cm³/mol. The minimum absolute atomic E-state index is 0.0450. The monoisotopic (exact) mass is 349 g/mol. The van der Waals surface area contributed by atoms with Gasteiger partial charge in [0.1, 0.15) is 12.1 Å². The minimum atomic E-state index is -0.479. The van der Waals surface area contributed by atoms with Gasteiger partial charge in [0.15, 0.2) is 5.96 Å². The summed E-state index contributed by atoms with van der Waals surface area (Å²) >= 11 is 0. The Balaban J connectivity index is 1.91. The van der Waals surface area contributed by atoms with Crippen LogP contribution in [0.25, 0.3) is 0 Å². The van der Waals surface area contributed by atoms with Crippen molar-refractivity contribution in [1.29, 1.82) is 0 Å². The highest BCUT2D eigenvalue weighted by atomic mass is 16.6. The minimum Gasteiger partial charge on any atom is -0.459 e. The number of carbonyl (C=O) groups excluding carboxylic acids is 1. The van der Waals surface area contributed by atoms with Crippen LogP contribution in [0.5, 0.6) is 0 Å². The quantitative estimate of drug-likeness (QED) is 0.497. The molecule has 2 heterocycles. The second kappa shape index (κ2) is 8.36. The van der Waals surface area contributed by atoms with E-state index in [1.165, 1.54) is 5.56 Å². The van der Waals surface area contributed by atoms with Crippen LogP contribution >= 0.6 is 0 Å². The normalized spacial score (nSPS) is 18.5. The summed E-state index contributed by atoms with van der Waals surface area (Å²) in [6, 6.07) is 0. The smallest absolute Gasteiger partial charge is 0.328 e. The van der Waals surface area contributed by atoms with Crippen molar-refractivity contribution in [2.24, 2.45) is 18.0 Å². The SMILES string of the molecule is CCNC(=NCC(=O)OC(C)(C)C)N1CCC(Cc2cnn(C)c2)C1. The molecule has 25 heavy (non-hydrogen) atoms. The number of rotatable bonds is 5. The zero-order chi connectivity index (χ0) is 18.4. The van der Waals surface area contributed by atoms with Crippen molar-refractivity contribution in [3.63, 3.8) is 0 Å². The fourth-order valence-corrected chi connectivity index (χ4v) is 3.04. The van der Waals surface area contributed by atoms with Crippen molar-refractivity contribution < 1.29 is 9.53 Å². The van der Waals surface area contributed by atoms with Gasteiger partial charge in [-0.25, -0.2) is 4.99 Å². The van der Waals surface area contributed by atoms with Crippen LogP contribution in [0.1, 0.15) is 39.7 Å². The molecule has 0 amide bonds. The molecule has 1 atom stereocenters. The molecular formula is C18H31N5O2. The summed E-state index contributed by atoms with van der Waals surface area (Å²) < 4.78 is 7.17. The van der Waals surface area contributed by atoms with Gasteiger partial charge in [-0.2, -0.15) is 5.10 Å². The number of aliphatic imine (C=N–C) groups is 1. The fourth-order valence-electron chi connectivity index (χ4n) is 3.04. The summed E-state index contributed by atoms with van der Waals surface area (Å²) in [5.41, 5.74) is 0.790. The summed E-state index contributed by atoms with van der Waals surface area (Å²) in [5.74, 6) is 1.07. The van der Waals surface area contributed by atoms with Crippen molar-refractivity contribution in [1.82, 2.24) is 20.0 Å². The number of esters is 1. The second-order valence-electron chi connectivity index (χ2n) is 7.58. The Hall–Kier alpha value is -2.05. The van der Waals surface area contributed by atoms with E-state index < -0.39 is 5.60 Å². The lowest BCUT2D eigenvalue weighted by atomic mass is 10.0. The topological polar surface area (TPSA) is 71.8 Å². The molecule has 7 nitrogen and oxygen atoms in total. The van der Waals surface area contributed by atoms with E-state index in [0.717, 1.165) is 38.4 Å². The molecule has 0 spiro atoms. The number of guanidine groups is 1. The molecule has 0 aromatic carbocycles. The van der Waals surface area contributed by atoms with Gasteiger partial charge in [-0.1, -0.05) is 0 Å². The lowest BCUT2D eigenvalue weighted by molar-refractivity contribution is -0.152. The zero-order valence-electron chi connectivity index (χ0n) is 16.1. The molecule has 1 unspecified atom stereocenters. The van der Waals surface area contributed by atoms with Crippen LogP contribution in [0, 0.1) is 5.92 Å². The van der Waals surface area contributed by atoms with Crippen molar-refractivity contribution in [2.45, 2.75) is 46.1 Å². The number of carbonyl (C=O) groups is 1. The Morgan fingerprint density at radius 2 is 2.24 bits per heavy atom. The molecule has 7 heteroatoms. The maximum Gasteiger partial charge on any atom is 0.328 e. The van der Waals surface area contributed by atoms with E-state index >= 15 is 0 Å². The van der Waals surface area contributed by atoms with E-state index in [4.69, 9.17) is 4.74 Å². The first-order valence-corrected chi connectivity index (χ1v) is 8.99. The van der Waals surface area contributed by atoms with Crippen LogP contribution in [0.4, 0.5) is 0 Å². The van der Waals surface area contributed by atoms with Crippen LogP contribution in [-0.2, 0) is 23.0 Å². The second-order valence-corrected chi connectivity index (χ2v) is 7.58. The lowest BCUT2D eigenvalue weighted by Crippen LogP contribution is -2.40. The first-order valence-electron chi connectivity index (χ1n) is 8.99. The number of ether oxygens (including phenoxy) is 1. The molecule has 2 rings (SSSR count). The average Bonchev–Trinajstić information content (AvgIpc) is 3.11. The Morgan fingerprint density at radius 1 is 1.48 bits per heavy atom. The van der Waals surface area contributed by atoms with Gasteiger partial charge in [0.2, 0.25) is 0 Å². The molecule has 1 aliphatic heterocycles. The van der Waals surface area contributed by atoms with E-state index in [-0.39, 0.29) is 12.5 Å². The molecule has 1 aliphatic rings. The van der Waals surface area contributed by atoms with Crippen LogP contribution in [-0.4, -0.2) is 58.4 Å². The summed E-state index contributed by atoms with van der Waals surface area (Å²) in [7, 11) is 1.94. The molecule has 0 aliphatic carbocycles. The summed E-state index contributed by atoms with van der Waals surface area (Å²) in [6.45, 7) is 10.3. The maximum absolute atomic E-state index is 11.9. The third kappa shape index (κ3) is 6.40. The molecule has 1 saturated heterocycles. The van der Waals surface area contributed by atoms with E-state index in [9.17, 15) is 4.79 Å². The number of nitrogens with zero attached hydrogens (tertiary/aromatic N) is 4. The molecule has 0 saturated carbocycles. The van der Waals surface area contributed by atoms with Crippen LogP contribution in [0.2, 0.25) is 0 Å². The van der Waals surface area contributed by atoms with Gasteiger partial charge >= 0.3 is 5.97 Å². The average molecular weight is 349 g/mol. The summed E-state index contributed by atoms with van der Waals surface area (Å²) in [5, 5.41) is 7.52. The Morgan fingerprint density at radius 3 is 2.84 bits per heavy atom. The van der Waals surface area contributed by atoms with Gasteiger partial charge in [0, 0.05) is 32.9 Å².